The van der Waals surface area contributed by atoms with Crippen molar-refractivity contribution in [3.05, 3.63) is 29.8 Å². The number of carboxylic acid groups (broad SMARTS) is 1. The number of hydrogen-bond acceptors (Lipinski definition) is 3. The molecule has 1 rings (SSSR count). The van der Waals surface area contributed by atoms with E-state index >= 15 is 0 Å². The van der Waals surface area contributed by atoms with Gasteiger partial charge in [-0.2, -0.15) is 0 Å². The minimum atomic E-state index is -0.994. The molecule has 0 aromatic heterocycles. The predicted molar refractivity (Wildman–Crippen MR) is 75.8 cm³/mol. The maximum absolute atomic E-state index is 11.9. The highest BCUT2D eigenvalue weighted by molar-refractivity contribution is 5.81. The molecule has 20 heavy (non-hydrogen) atoms. The summed E-state index contributed by atoms with van der Waals surface area (Å²) < 4.78 is 5.55. The predicted octanol–water partition coefficient (Wildman–Crippen LogP) is 2.09. The SMILES string of the molecule is CCCN(CC(=O)O)C(=O)CCOc1ccccc1C. The van der Waals surface area contributed by atoms with E-state index in [0.29, 0.717) is 6.54 Å². The van der Waals surface area contributed by atoms with Gasteiger partial charge in [0.25, 0.3) is 0 Å². The molecule has 0 atom stereocenters. The molecule has 1 aromatic carbocycles. The van der Waals surface area contributed by atoms with Crippen LogP contribution in [0.2, 0.25) is 0 Å². The Balaban J connectivity index is 2.45. The quantitative estimate of drug-likeness (QED) is 0.791. The third-order valence-corrected chi connectivity index (χ3v) is 2.84. The van der Waals surface area contributed by atoms with Crippen LogP contribution in [0, 0.1) is 6.92 Å². The van der Waals surface area contributed by atoms with Gasteiger partial charge in [-0.15, -0.1) is 0 Å². The van der Waals surface area contributed by atoms with E-state index in [4.69, 9.17) is 9.84 Å². The molecule has 5 nitrogen and oxygen atoms in total. The maximum Gasteiger partial charge on any atom is 0.323 e. The summed E-state index contributed by atoms with van der Waals surface area (Å²) in [4.78, 5) is 24.0. The van der Waals surface area contributed by atoms with Crippen LogP contribution in [0.3, 0.4) is 0 Å². The highest BCUT2D eigenvalue weighted by Gasteiger charge is 2.15. The molecule has 0 bridgehead atoms. The first-order valence-corrected chi connectivity index (χ1v) is 6.72. The molecular weight excluding hydrogens is 258 g/mol. The molecule has 0 aliphatic carbocycles. The van der Waals surface area contributed by atoms with Gasteiger partial charge in [0.1, 0.15) is 12.3 Å². The Hall–Kier alpha value is -2.04. The van der Waals surface area contributed by atoms with Crippen LogP contribution in [0.25, 0.3) is 0 Å². The normalized spacial score (nSPS) is 10.1. The third-order valence-electron chi connectivity index (χ3n) is 2.84. The van der Waals surface area contributed by atoms with Gasteiger partial charge in [-0.25, -0.2) is 0 Å². The van der Waals surface area contributed by atoms with E-state index in [0.717, 1.165) is 17.7 Å². The third kappa shape index (κ3) is 5.30. The largest absolute Gasteiger partial charge is 0.493 e. The Morgan fingerprint density at radius 3 is 2.60 bits per heavy atom. The Morgan fingerprint density at radius 1 is 1.30 bits per heavy atom. The van der Waals surface area contributed by atoms with Gasteiger partial charge in [-0.05, 0) is 25.0 Å². The topological polar surface area (TPSA) is 66.8 Å². The lowest BCUT2D eigenvalue weighted by Crippen LogP contribution is -2.36. The Kier molecular flexibility index (Phi) is 6.56. The van der Waals surface area contributed by atoms with Gasteiger partial charge >= 0.3 is 5.97 Å². The Morgan fingerprint density at radius 2 is 2.00 bits per heavy atom. The fourth-order valence-electron chi connectivity index (χ4n) is 1.85. The average Bonchev–Trinajstić information content (AvgIpc) is 2.40. The first-order valence-electron chi connectivity index (χ1n) is 6.72. The summed E-state index contributed by atoms with van der Waals surface area (Å²) in [6, 6.07) is 7.58. The first-order chi connectivity index (χ1) is 9.54. The molecule has 110 valence electrons. The summed E-state index contributed by atoms with van der Waals surface area (Å²) in [5.41, 5.74) is 1.01. The summed E-state index contributed by atoms with van der Waals surface area (Å²) in [5.74, 6) is -0.435. The molecule has 0 saturated heterocycles. The second-order valence-electron chi connectivity index (χ2n) is 4.57. The van der Waals surface area contributed by atoms with Gasteiger partial charge in [0.15, 0.2) is 0 Å². The number of amides is 1. The number of nitrogens with zero attached hydrogens (tertiary/aromatic N) is 1. The zero-order valence-electron chi connectivity index (χ0n) is 12.0. The van der Waals surface area contributed by atoms with Crippen LogP contribution in [0.4, 0.5) is 0 Å². The lowest BCUT2D eigenvalue weighted by Gasteiger charge is -2.20. The van der Waals surface area contributed by atoms with Crippen molar-refractivity contribution in [3.8, 4) is 5.75 Å². The highest BCUT2D eigenvalue weighted by Crippen LogP contribution is 2.16. The minimum absolute atomic E-state index is 0.182. The Labute approximate surface area is 119 Å². The van der Waals surface area contributed by atoms with Crippen molar-refractivity contribution in [1.82, 2.24) is 4.90 Å². The van der Waals surface area contributed by atoms with Gasteiger partial charge in [0.2, 0.25) is 5.91 Å². The van der Waals surface area contributed by atoms with Gasteiger partial charge in [0.05, 0.1) is 13.0 Å². The highest BCUT2D eigenvalue weighted by atomic mass is 16.5. The molecule has 0 saturated carbocycles. The number of benzene rings is 1. The molecule has 0 fully saturated rings. The van der Waals surface area contributed by atoms with Crippen LogP contribution < -0.4 is 4.74 Å². The zero-order chi connectivity index (χ0) is 15.0. The van der Waals surface area contributed by atoms with Crippen LogP contribution in [-0.2, 0) is 9.59 Å². The van der Waals surface area contributed by atoms with E-state index in [1.165, 1.54) is 4.90 Å². The fraction of sp³-hybridized carbons (Fsp3) is 0.467. The van der Waals surface area contributed by atoms with Crippen molar-refractivity contribution in [1.29, 1.82) is 0 Å². The molecule has 0 spiro atoms. The van der Waals surface area contributed by atoms with Gasteiger partial charge in [-0.3, -0.25) is 9.59 Å². The molecule has 0 heterocycles. The second-order valence-corrected chi connectivity index (χ2v) is 4.57. The van der Waals surface area contributed by atoms with Crippen molar-refractivity contribution in [2.45, 2.75) is 26.7 Å². The number of carboxylic acids is 1. The number of aryl methyl sites for hydroxylation is 1. The average molecular weight is 279 g/mol. The van der Waals surface area contributed by atoms with Crippen molar-refractivity contribution in [3.63, 3.8) is 0 Å². The minimum Gasteiger partial charge on any atom is -0.493 e. The van der Waals surface area contributed by atoms with E-state index in [2.05, 4.69) is 0 Å². The van der Waals surface area contributed by atoms with E-state index in [-0.39, 0.29) is 25.5 Å². The summed E-state index contributed by atoms with van der Waals surface area (Å²) in [6.45, 7) is 4.30. The van der Waals surface area contributed by atoms with Crippen molar-refractivity contribution >= 4 is 11.9 Å². The van der Waals surface area contributed by atoms with E-state index in [9.17, 15) is 9.59 Å². The number of ether oxygens (including phenoxy) is 1. The van der Waals surface area contributed by atoms with E-state index in [1.807, 2.05) is 38.1 Å². The number of para-hydroxylation sites is 1. The first kappa shape index (κ1) is 16.0. The second kappa shape index (κ2) is 8.19. The lowest BCUT2D eigenvalue weighted by atomic mass is 10.2. The van der Waals surface area contributed by atoms with E-state index in [1.54, 1.807) is 0 Å². The molecular formula is C15H21NO4. The molecule has 1 amide bonds. The number of carbonyl (C=O) groups excluding carboxylic acids is 1. The van der Waals surface area contributed by atoms with Crippen LogP contribution >= 0.6 is 0 Å². The van der Waals surface area contributed by atoms with Crippen molar-refractivity contribution in [2.24, 2.45) is 0 Å². The standard InChI is InChI=1S/C15H21NO4/c1-3-9-16(11-15(18)19)14(17)8-10-20-13-7-5-4-6-12(13)2/h4-7H,3,8-11H2,1-2H3,(H,18,19). The molecule has 5 heteroatoms. The van der Waals surface area contributed by atoms with Crippen LogP contribution in [-0.4, -0.2) is 41.6 Å². The summed E-state index contributed by atoms with van der Waals surface area (Å²) >= 11 is 0. The lowest BCUT2D eigenvalue weighted by molar-refractivity contribution is -0.144. The number of aliphatic carboxylic acids is 1. The van der Waals surface area contributed by atoms with Gasteiger partial charge in [0, 0.05) is 6.54 Å². The van der Waals surface area contributed by atoms with Crippen molar-refractivity contribution in [2.75, 3.05) is 19.7 Å². The number of hydrogen-bond donors (Lipinski definition) is 1. The summed E-state index contributed by atoms with van der Waals surface area (Å²) in [6.07, 6.45) is 0.916. The molecule has 1 aromatic rings. The van der Waals surface area contributed by atoms with Gasteiger partial charge < -0.3 is 14.7 Å². The molecule has 1 N–H and O–H groups in total. The number of rotatable bonds is 8. The monoisotopic (exact) mass is 279 g/mol. The van der Waals surface area contributed by atoms with Crippen LogP contribution in [0.5, 0.6) is 5.75 Å². The Bertz CT molecular complexity index is 459. The zero-order valence-corrected chi connectivity index (χ0v) is 12.0. The fourth-order valence-corrected chi connectivity index (χ4v) is 1.85. The maximum atomic E-state index is 11.9. The number of carbonyl (C=O) groups is 2. The van der Waals surface area contributed by atoms with Crippen LogP contribution in [0.1, 0.15) is 25.3 Å². The molecule has 0 unspecified atom stereocenters. The molecule has 0 radical (unpaired) electrons. The molecule has 0 aliphatic rings. The van der Waals surface area contributed by atoms with Crippen molar-refractivity contribution < 1.29 is 19.4 Å². The van der Waals surface area contributed by atoms with E-state index < -0.39 is 5.97 Å². The summed E-state index contributed by atoms with van der Waals surface area (Å²) in [5, 5.41) is 8.77. The summed E-state index contributed by atoms with van der Waals surface area (Å²) in [7, 11) is 0. The van der Waals surface area contributed by atoms with Crippen LogP contribution in [0.15, 0.2) is 24.3 Å². The molecule has 0 aliphatic heterocycles. The smallest absolute Gasteiger partial charge is 0.323 e. The van der Waals surface area contributed by atoms with Gasteiger partial charge in [-0.1, -0.05) is 25.1 Å².